The van der Waals surface area contributed by atoms with Crippen LogP contribution in [0.25, 0.3) is 16.0 Å². The maximum absolute atomic E-state index is 13.5. The lowest BCUT2D eigenvalue weighted by Gasteiger charge is -2.22. The highest BCUT2D eigenvalue weighted by molar-refractivity contribution is 7.22. The summed E-state index contributed by atoms with van der Waals surface area (Å²) in [5.41, 5.74) is 2.69. The van der Waals surface area contributed by atoms with E-state index in [0.29, 0.717) is 28.7 Å². The quantitative estimate of drug-likeness (QED) is 0.177. The number of aromatic nitrogens is 2. The van der Waals surface area contributed by atoms with Gasteiger partial charge in [-0.25, -0.2) is 4.98 Å². The lowest BCUT2D eigenvalue weighted by atomic mass is 9.87. The average Bonchev–Trinajstić information content (AvgIpc) is 3.45. The molecule has 0 bridgehead atoms. The third kappa shape index (κ3) is 4.67. The molecule has 194 valence electrons. The van der Waals surface area contributed by atoms with Gasteiger partial charge >= 0.3 is 5.91 Å². The molecule has 38 heavy (non-hydrogen) atoms. The number of carbonyl (C=O) groups is 2. The number of carbonyl (C=O) groups excluding carboxylic acids is 2. The Morgan fingerprint density at radius 2 is 1.84 bits per heavy atom. The molecule has 8 heteroatoms. The van der Waals surface area contributed by atoms with E-state index in [1.807, 2.05) is 19.1 Å². The van der Waals surface area contributed by atoms with Crippen molar-refractivity contribution in [2.45, 2.75) is 45.6 Å². The molecular weight excluding hydrogens is 498 g/mol. The molecule has 1 atom stereocenters. The monoisotopic (exact) mass is 527 g/mol. The molecular formula is C30H29N3O4S. The SMILES string of the molecule is CCCOc1ccc(/C(O)=C2\C(=O)C(=O)N(c3nc4ccc(C(C)(C)C)cc4s3)C2c2ccccn2)cc1. The number of rotatable bonds is 6. The predicted octanol–water partition coefficient (Wildman–Crippen LogP) is 6.40. The fraction of sp³-hybridized carbons (Fsp3) is 0.267. The van der Waals surface area contributed by atoms with Gasteiger partial charge in [-0.2, -0.15) is 0 Å². The predicted molar refractivity (Wildman–Crippen MR) is 150 cm³/mol. The van der Waals surface area contributed by atoms with Crippen LogP contribution in [0.2, 0.25) is 0 Å². The fourth-order valence-corrected chi connectivity index (χ4v) is 5.45. The number of hydrogen-bond acceptors (Lipinski definition) is 7. The largest absolute Gasteiger partial charge is 0.507 e. The van der Waals surface area contributed by atoms with Crippen LogP contribution in [0.3, 0.4) is 0 Å². The normalized spacial score (nSPS) is 17.4. The Labute approximate surface area is 225 Å². The summed E-state index contributed by atoms with van der Waals surface area (Å²) >= 11 is 1.34. The van der Waals surface area contributed by atoms with Crippen LogP contribution < -0.4 is 9.64 Å². The molecule has 1 saturated heterocycles. The second-order valence-electron chi connectivity index (χ2n) is 10.2. The Balaban J connectivity index is 1.62. The van der Waals surface area contributed by atoms with Crippen molar-refractivity contribution >= 4 is 44.1 Å². The van der Waals surface area contributed by atoms with E-state index in [2.05, 4.69) is 31.8 Å². The van der Waals surface area contributed by atoms with Gasteiger partial charge in [0.05, 0.1) is 28.1 Å². The van der Waals surface area contributed by atoms with Crippen LogP contribution in [0.15, 0.2) is 72.4 Å². The van der Waals surface area contributed by atoms with Crippen molar-refractivity contribution in [2.75, 3.05) is 11.5 Å². The second-order valence-corrected chi connectivity index (χ2v) is 11.2. The molecule has 1 aliphatic heterocycles. The molecule has 0 spiro atoms. The smallest absolute Gasteiger partial charge is 0.301 e. The van der Waals surface area contributed by atoms with Gasteiger partial charge in [0.2, 0.25) is 0 Å². The highest BCUT2D eigenvalue weighted by Crippen LogP contribution is 2.44. The summed E-state index contributed by atoms with van der Waals surface area (Å²) in [6, 6.07) is 17.2. The maximum Gasteiger partial charge on any atom is 0.301 e. The number of pyridine rings is 1. The molecule has 4 aromatic rings. The molecule has 7 nitrogen and oxygen atoms in total. The molecule has 1 amide bonds. The molecule has 0 radical (unpaired) electrons. The minimum Gasteiger partial charge on any atom is -0.507 e. The van der Waals surface area contributed by atoms with E-state index in [1.54, 1.807) is 48.7 Å². The highest BCUT2D eigenvalue weighted by atomic mass is 32.1. The third-order valence-corrected chi connectivity index (χ3v) is 7.48. The van der Waals surface area contributed by atoms with Crippen LogP contribution in [-0.4, -0.2) is 33.4 Å². The first-order valence-corrected chi connectivity index (χ1v) is 13.4. The molecule has 1 fully saturated rings. The summed E-state index contributed by atoms with van der Waals surface area (Å²) in [6.07, 6.45) is 2.47. The van der Waals surface area contributed by atoms with Crippen LogP contribution in [-0.2, 0) is 15.0 Å². The first kappa shape index (κ1) is 25.6. The minimum absolute atomic E-state index is 0.0226. The first-order valence-electron chi connectivity index (χ1n) is 12.5. The van der Waals surface area contributed by atoms with Gasteiger partial charge in [-0.3, -0.25) is 19.5 Å². The lowest BCUT2D eigenvalue weighted by molar-refractivity contribution is -0.132. The Morgan fingerprint density at radius 3 is 2.50 bits per heavy atom. The van der Waals surface area contributed by atoms with Crippen molar-refractivity contribution in [3.8, 4) is 5.75 Å². The zero-order chi connectivity index (χ0) is 27.0. The summed E-state index contributed by atoms with van der Waals surface area (Å²) in [6.45, 7) is 9.01. The van der Waals surface area contributed by atoms with Gasteiger partial charge in [0.1, 0.15) is 17.6 Å². The Bertz CT molecular complexity index is 1540. The number of hydrogen-bond donors (Lipinski definition) is 1. The molecule has 2 aromatic heterocycles. The van der Waals surface area contributed by atoms with Gasteiger partial charge in [-0.15, -0.1) is 0 Å². The summed E-state index contributed by atoms with van der Waals surface area (Å²) < 4.78 is 6.55. The number of anilines is 1. The molecule has 2 aromatic carbocycles. The summed E-state index contributed by atoms with van der Waals surface area (Å²) in [7, 11) is 0. The Morgan fingerprint density at radius 1 is 1.08 bits per heavy atom. The molecule has 0 saturated carbocycles. The lowest BCUT2D eigenvalue weighted by Crippen LogP contribution is -2.29. The highest BCUT2D eigenvalue weighted by Gasteiger charge is 2.48. The minimum atomic E-state index is -0.921. The topological polar surface area (TPSA) is 92.6 Å². The van der Waals surface area contributed by atoms with E-state index in [-0.39, 0.29) is 16.7 Å². The van der Waals surface area contributed by atoms with Gasteiger partial charge in [0, 0.05) is 11.8 Å². The number of aliphatic hydroxyl groups excluding tert-OH is 1. The van der Waals surface area contributed by atoms with E-state index in [9.17, 15) is 14.7 Å². The van der Waals surface area contributed by atoms with E-state index < -0.39 is 17.7 Å². The van der Waals surface area contributed by atoms with Gasteiger partial charge in [0.25, 0.3) is 5.78 Å². The van der Waals surface area contributed by atoms with E-state index in [0.717, 1.165) is 22.2 Å². The number of benzene rings is 2. The first-order chi connectivity index (χ1) is 18.2. The average molecular weight is 528 g/mol. The number of Topliss-reactive ketones (excluding diaryl/α,β-unsaturated/α-hetero) is 1. The van der Waals surface area contributed by atoms with Crippen molar-refractivity contribution in [2.24, 2.45) is 0 Å². The van der Waals surface area contributed by atoms with Crippen LogP contribution in [0.4, 0.5) is 5.13 Å². The van der Waals surface area contributed by atoms with Crippen molar-refractivity contribution in [3.05, 3.63) is 89.3 Å². The zero-order valence-corrected chi connectivity index (χ0v) is 22.6. The van der Waals surface area contributed by atoms with Gasteiger partial charge in [-0.1, -0.05) is 51.2 Å². The van der Waals surface area contributed by atoms with Crippen molar-refractivity contribution in [1.29, 1.82) is 0 Å². The van der Waals surface area contributed by atoms with Gasteiger partial charge in [0.15, 0.2) is 5.13 Å². The van der Waals surface area contributed by atoms with Gasteiger partial charge < -0.3 is 9.84 Å². The second kappa shape index (κ2) is 10.0. The molecule has 1 N–H and O–H groups in total. The number of thiazole rings is 1. The summed E-state index contributed by atoms with van der Waals surface area (Å²) in [5.74, 6) is -1.13. The number of amides is 1. The summed E-state index contributed by atoms with van der Waals surface area (Å²) in [5, 5.41) is 11.7. The number of ketones is 1. The maximum atomic E-state index is 13.5. The number of ether oxygens (including phenoxy) is 1. The van der Waals surface area contributed by atoms with Crippen LogP contribution >= 0.6 is 11.3 Å². The Kier molecular flexibility index (Phi) is 6.75. The molecule has 1 aliphatic rings. The van der Waals surface area contributed by atoms with Crippen molar-refractivity contribution in [3.63, 3.8) is 0 Å². The van der Waals surface area contributed by atoms with E-state index >= 15 is 0 Å². The van der Waals surface area contributed by atoms with E-state index in [1.165, 1.54) is 16.2 Å². The molecule has 0 aliphatic carbocycles. The van der Waals surface area contributed by atoms with Crippen molar-refractivity contribution in [1.82, 2.24) is 9.97 Å². The van der Waals surface area contributed by atoms with Crippen LogP contribution in [0.5, 0.6) is 5.75 Å². The number of aliphatic hydroxyl groups is 1. The fourth-order valence-electron chi connectivity index (χ4n) is 4.41. The standard InChI is InChI=1S/C30H29N3O4S/c1-5-16-37-20-12-9-18(10-13-20)26(34)24-25(22-8-6-7-15-31-22)33(28(36)27(24)35)29-32-21-14-11-19(30(2,3)4)17-23(21)38-29/h6-15,17,25,34H,5,16H2,1-4H3/b26-24+. The molecule has 5 rings (SSSR count). The molecule has 1 unspecified atom stereocenters. The molecule has 3 heterocycles. The summed E-state index contributed by atoms with van der Waals surface area (Å²) in [4.78, 5) is 37.4. The van der Waals surface area contributed by atoms with E-state index in [4.69, 9.17) is 9.72 Å². The third-order valence-electron chi connectivity index (χ3n) is 6.46. The zero-order valence-electron chi connectivity index (χ0n) is 21.8. The number of fused-ring (bicyclic) bond motifs is 1. The Hall–Kier alpha value is -4.04. The van der Waals surface area contributed by atoms with Crippen LogP contribution in [0.1, 0.15) is 57.0 Å². The van der Waals surface area contributed by atoms with Gasteiger partial charge in [-0.05, 0) is 65.9 Å². The van der Waals surface area contributed by atoms with Crippen LogP contribution in [0, 0.1) is 0 Å². The van der Waals surface area contributed by atoms with Crippen molar-refractivity contribution < 1.29 is 19.4 Å². The number of nitrogens with zero attached hydrogens (tertiary/aromatic N) is 3.